The molecule has 6 heteroatoms. The molecule has 0 saturated carbocycles. The maximum atomic E-state index is 12.8. The van der Waals surface area contributed by atoms with Crippen LogP contribution in [0.25, 0.3) is 0 Å². The third-order valence-electron chi connectivity index (χ3n) is 6.15. The lowest BCUT2D eigenvalue weighted by Gasteiger charge is -2.33. The minimum absolute atomic E-state index is 0.0432. The molecule has 0 radical (unpaired) electrons. The SMILES string of the molecule is Cc1ccc(CNC(=O)C2CCCN(c3ccnc(Nc4cccc(C(C)C)c4)n3)C2)cc1. The van der Waals surface area contributed by atoms with Crippen molar-refractivity contribution in [1.29, 1.82) is 0 Å². The van der Waals surface area contributed by atoms with Crippen molar-refractivity contribution in [2.45, 2.75) is 46.1 Å². The number of carbonyl (C=O) groups excluding carboxylic acids is 1. The normalized spacial score (nSPS) is 16.0. The molecule has 1 atom stereocenters. The molecule has 1 aliphatic heterocycles. The van der Waals surface area contributed by atoms with E-state index in [1.165, 1.54) is 11.1 Å². The smallest absolute Gasteiger partial charge is 0.229 e. The van der Waals surface area contributed by atoms with Crippen molar-refractivity contribution in [3.8, 4) is 0 Å². The van der Waals surface area contributed by atoms with Crippen molar-refractivity contribution >= 4 is 23.4 Å². The molecule has 1 unspecified atom stereocenters. The van der Waals surface area contributed by atoms with Crippen LogP contribution in [0.3, 0.4) is 0 Å². The largest absolute Gasteiger partial charge is 0.356 e. The van der Waals surface area contributed by atoms with Gasteiger partial charge in [0.1, 0.15) is 5.82 Å². The first-order valence-corrected chi connectivity index (χ1v) is 11.8. The quantitative estimate of drug-likeness (QED) is 0.526. The van der Waals surface area contributed by atoms with Crippen molar-refractivity contribution in [2.24, 2.45) is 5.92 Å². The molecule has 33 heavy (non-hydrogen) atoms. The van der Waals surface area contributed by atoms with Crippen LogP contribution >= 0.6 is 0 Å². The average molecular weight is 444 g/mol. The summed E-state index contributed by atoms with van der Waals surface area (Å²) in [5.41, 5.74) is 4.59. The van der Waals surface area contributed by atoms with Crippen molar-refractivity contribution in [3.63, 3.8) is 0 Å². The molecule has 1 amide bonds. The monoisotopic (exact) mass is 443 g/mol. The van der Waals surface area contributed by atoms with Gasteiger partial charge in [-0.05, 0) is 55.0 Å². The maximum absolute atomic E-state index is 12.8. The number of piperidine rings is 1. The van der Waals surface area contributed by atoms with Crippen molar-refractivity contribution in [2.75, 3.05) is 23.3 Å². The standard InChI is InChI=1S/C27H33N5O/c1-19(2)22-6-4-8-24(16-22)30-27-28-14-13-25(31-27)32-15-5-7-23(18-32)26(33)29-17-21-11-9-20(3)10-12-21/h4,6,8-14,16,19,23H,5,7,15,17-18H2,1-3H3,(H,29,33)(H,28,30,31). The third-order valence-corrected chi connectivity index (χ3v) is 6.15. The second-order valence-electron chi connectivity index (χ2n) is 9.13. The average Bonchev–Trinajstić information content (AvgIpc) is 2.84. The molecular weight excluding hydrogens is 410 g/mol. The van der Waals surface area contributed by atoms with Gasteiger partial charge in [-0.2, -0.15) is 4.98 Å². The Morgan fingerprint density at radius 1 is 1.15 bits per heavy atom. The fourth-order valence-corrected chi connectivity index (χ4v) is 4.13. The van der Waals surface area contributed by atoms with Crippen LogP contribution < -0.4 is 15.5 Å². The van der Waals surface area contributed by atoms with E-state index in [2.05, 4.69) is 77.7 Å². The van der Waals surface area contributed by atoms with E-state index in [0.29, 0.717) is 25.0 Å². The third kappa shape index (κ3) is 6.09. The van der Waals surface area contributed by atoms with E-state index in [1.807, 2.05) is 18.2 Å². The zero-order valence-electron chi connectivity index (χ0n) is 19.7. The molecule has 1 aliphatic rings. The number of hydrogen-bond acceptors (Lipinski definition) is 5. The minimum atomic E-state index is -0.0432. The van der Waals surface area contributed by atoms with Gasteiger partial charge in [-0.15, -0.1) is 0 Å². The molecule has 1 fully saturated rings. The van der Waals surface area contributed by atoms with Gasteiger partial charge in [-0.1, -0.05) is 55.8 Å². The summed E-state index contributed by atoms with van der Waals surface area (Å²) in [4.78, 5) is 24.2. The van der Waals surface area contributed by atoms with Crippen molar-refractivity contribution in [1.82, 2.24) is 15.3 Å². The summed E-state index contributed by atoms with van der Waals surface area (Å²) in [5.74, 6) is 1.95. The number of rotatable bonds is 7. The van der Waals surface area contributed by atoms with Gasteiger partial charge < -0.3 is 15.5 Å². The summed E-state index contributed by atoms with van der Waals surface area (Å²) in [5, 5.41) is 6.43. The Hall–Kier alpha value is -3.41. The lowest BCUT2D eigenvalue weighted by atomic mass is 9.97. The Labute approximate surface area is 196 Å². The van der Waals surface area contributed by atoms with E-state index in [1.54, 1.807) is 6.20 Å². The topological polar surface area (TPSA) is 70.2 Å². The summed E-state index contributed by atoms with van der Waals surface area (Å²) in [6.07, 6.45) is 3.64. The predicted molar refractivity (Wildman–Crippen MR) is 134 cm³/mol. The fraction of sp³-hybridized carbons (Fsp3) is 0.370. The van der Waals surface area contributed by atoms with E-state index in [4.69, 9.17) is 4.98 Å². The van der Waals surface area contributed by atoms with Gasteiger partial charge in [-0.3, -0.25) is 4.79 Å². The van der Waals surface area contributed by atoms with Gasteiger partial charge >= 0.3 is 0 Å². The number of aryl methyl sites for hydroxylation is 1. The van der Waals surface area contributed by atoms with Gasteiger partial charge in [0.25, 0.3) is 0 Å². The number of amides is 1. The summed E-state index contributed by atoms with van der Waals surface area (Å²) < 4.78 is 0. The number of nitrogens with one attached hydrogen (secondary N) is 2. The number of aromatic nitrogens is 2. The molecule has 1 saturated heterocycles. The highest BCUT2D eigenvalue weighted by molar-refractivity contribution is 5.79. The molecule has 0 bridgehead atoms. The molecular formula is C27H33N5O. The molecule has 6 nitrogen and oxygen atoms in total. The van der Waals surface area contributed by atoms with Gasteiger partial charge in [0.15, 0.2) is 0 Å². The highest BCUT2D eigenvalue weighted by atomic mass is 16.1. The van der Waals surface area contributed by atoms with E-state index in [9.17, 15) is 4.79 Å². The van der Waals surface area contributed by atoms with E-state index >= 15 is 0 Å². The van der Waals surface area contributed by atoms with Crippen LogP contribution in [0.5, 0.6) is 0 Å². The summed E-state index contributed by atoms with van der Waals surface area (Å²) in [6.45, 7) is 8.54. The Bertz CT molecular complexity index is 1080. The molecule has 0 spiro atoms. The van der Waals surface area contributed by atoms with Crippen molar-refractivity contribution < 1.29 is 4.79 Å². The second kappa shape index (κ2) is 10.5. The van der Waals surface area contributed by atoms with Gasteiger partial charge in [0.05, 0.1) is 5.92 Å². The van der Waals surface area contributed by atoms with Gasteiger partial charge in [0.2, 0.25) is 11.9 Å². The van der Waals surface area contributed by atoms with Gasteiger partial charge in [0, 0.05) is 31.5 Å². The van der Waals surface area contributed by atoms with Crippen LogP contribution in [-0.4, -0.2) is 29.0 Å². The summed E-state index contributed by atoms with van der Waals surface area (Å²) in [7, 11) is 0. The first-order chi connectivity index (χ1) is 16.0. The Morgan fingerprint density at radius 2 is 1.97 bits per heavy atom. The van der Waals surface area contributed by atoms with Crippen LogP contribution in [0.2, 0.25) is 0 Å². The van der Waals surface area contributed by atoms with Crippen molar-refractivity contribution in [3.05, 3.63) is 77.5 Å². The summed E-state index contributed by atoms with van der Waals surface area (Å²) in [6, 6.07) is 18.5. The molecule has 2 heterocycles. The van der Waals surface area contributed by atoms with E-state index in [0.717, 1.165) is 36.5 Å². The molecule has 4 rings (SSSR count). The molecule has 2 aromatic carbocycles. The van der Waals surface area contributed by atoms with E-state index in [-0.39, 0.29) is 11.8 Å². The van der Waals surface area contributed by atoms with E-state index < -0.39 is 0 Å². The first-order valence-electron chi connectivity index (χ1n) is 11.8. The fourth-order valence-electron chi connectivity index (χ4n) is 4.13. The minimum Gasteiger partial charge on any atom is -0.356 e. The van der Waals surface area contributed by atoms with Crippen LogP contribution in [-0.2, 0) is 11.3 Å². The van der Waals surface area contributed by atoms with Crippen LogP contribution in [0, 0.1) is 12.8 Å². The Balaban J connectivity index is 1.38. The van der Waals surface area contributed by atoms with Crippen LogP contribution in [0.15, 0.2) is 60.8 Å². The molecule has 3 aromatic rings. The van der Waals surface area contributed by atoms with Gasteiger partial charge in [-0.25, -0.2) is 4.98 Å². The number of hydrogen-bond donors (Lipinski definition) is 2. The predicted octanol–water partition coefficient (Wildman–Crippen LogP) is 5.18. The molecule has 1 aromatic heterocycles. The number of anilines is 3. The Morgan fingerprint density at radius 3 is 2.76 bits per heavy atom. The highest BCUT2D eigenvalue weighted by Crippen LogP contribution is 2.24. The molecule has 2 N–H and O–H groups in total. The maximum Gasteiger partial charge on any atom is 0.229 e. The lowest BCUT2D eigenvalue weighted by molar-refractivity contribution is -0.125. The van der Waals surface area contributed by atoms with Crippen LogP contribution in [0.1, 0.15) is 49.3 Å². The lowest BCUT2D eigenvalue weighted by Crippen LogP contribution is -2.43. The number of carbonyl (C=O) groups is 1. The first kappa shape index (κ1) is 22.8. The molecule has 0 aliphatic carbocycles. The zero-order chi connectivity index (χ0) is 23.2. The highest BCUT2D eigenvalue weighted by Gasteiger charge is 2.26. The summed E-state index contributed by atoms with van der Waals surface area (Å²) >= 11 is 0. The number of benzene rings is 2. The molecule has 172 valence electrons. The Kier molecular flexibility index (Phi) is 7.23. The zero-order valence-corrected chi connectivity index (χ0v) is 19.7. The number of nitrogens with zero attached hydrogens (tertiary/aromatic N) is 3. The van der Waals surface area contributed by atoms with Crippen LogP contribution in [0.4, 0.5) is 17.5 Å². The second-order valence-corrected chi connectivity index (χ2v) is 9.13.